The average Bonchev–Trinajstić information content (AvgIpc) is 2.30. The number of hydrogen-bond acceptors (Lipinski definition) is 5. The van der Waals surface area contributed by atoms with E-state index in [4.69, 9.17) is 0 Å². The third kappa shape index (κ3) is 4.86. The molecule has 0 atom stereocenters. The Morgan fingerprint density at radius 3 is 1.11 bits per heavy atom. The van der Waals surface area contributed by atoms with Gasteiger partial charge in [-0.25, -0.2) is 0 Å². The summed E-state index contributed by atoms with van der Waals surface area (Å²) >= 11 is 0. The monoisotopic (exact) mass is 250 g/mol. The molecule has 0 spiro atoms. The van der Waals surface area contributed by atoms with E-state index in [0.717, 1.165) is 11.1 Å². The van der Waals surface area contributed by atoms with Crippen molar-refractivity contribution in [3.05, 3.63) is 71.8 Å². The van der Waals surface area contributed by atoms with Crippen LogP contribution in [0.15, 0.2) is 60.7 Å². The Bertz CT molecular complexity index is 390. The van der Waals surface area contributed by atoms with Crippen LogP contribution in [0.1, 0.15) is 15.9 Å². The Morgan fingerprint density at radius 1 is 0.556 bits per heavy atom. The molecule has 0 aliphatic carbocycles. The fourth-order valence-electron chi connectivity index (χ4n) is 1.35. The molecule has 5 nitrogen and oxygen atoms in total. The molecule has 0 fully saturated rings. The normalized spacial score (nSPS) is 7.56. The molecule has 0 aliphatic heterocycles. The lowest BCUT2D eigenvalue weighted by Gasteiger charge is -1.99. The quantitative estimate of drug-likeness (QED) is 0.599. The minimum atomic E-state index is 0. The highest BCUT2D eigenvalue weighted by atomic mass is 16.1. The zero-order valence-corrected chi connectivity index (χ0v) is 10.5. The lowest BCUT2D eigenvalue weighted by molar-refractivity contribution is 0.103. The van der Waals surface area contributed by atoms with Gasteiger partial charge in [-0.15, -0.1) is 0 Å². The summed E-state index contributed by atoms with van der Waals surface area (Å²) in [5, 5.41) is 0. The molecular formula is C13H22N4O. The molecule has 0 radical (unpaired) electrons. The number of hydrogen-bond donors (Lipinski definition) is 4. The fourth-order valence-corrected chi connectivity index (χ4v) is 1.35. The number of rotatable bonds is 2. The maximum absolute atomic E-state index is 11.8. The van der Waals surface area contributed by atoms with Crippen molar-refractivity contribution in [3.63, 3.8) is 0 Å². The average molecular weight is 250 g/mol. The van der Waals surface area contributed by atoms with Gasteiger partial charge in [0.15, 0.2) is 5.78 Å². The molecule has 12 N–H and O–H groups in total. The highest BCUT2D eigenvalue weighted by Gasteiger charge is 2.06. The summed E-state index contributed by atoms with van der Waals surface area (Å²) in [6.07, 6.45) is 0. The van der Waals surface area contributed by atoms with Crippen LogP contribution >= 0.6 is 0 Å². The van der Waals surface area contributed by atoms with Crippen LogP contribution in [0.2, 0.25) is 0 Å². The molecule has 0 aliphatic rings. The van der Waals surface area contributed by atoms with Gasteiger partial charge in [0, 0.05) is 11.1 Å². The zero-order valence-electron chi connectivity index (χ0n) is 10.5. The van der Waals surface area contributed by atoms with E-state index >= 15 is 0 Å². The van der Waals surface area contributed by atoms with Gasteiger partial charge in [-0.2, -0.15) is 0 Å². The molecule has 0 bridgehead atoms. The SMILES string of the molecule is N.N.N.N.O=C(c1ccccc1)c1ccccc1. The molecule has 2 rings (SSSR count). The third-order valence-electron chi connectivity index (χ3n) is 2.07. The van der Waals surface area contributed by atoms with E-state index in [1.165, 1.54) is 0 Å². The lowest BCUT2D eigenvalue weighted by atomic mass is 10.0. The van der Waals surface area contributed by atoms with Crippen molar-refractivity contribution in [1.82, 2.24) is 24.6 Å². The molecule has 0 aromatic heterocycles. The molecule has 2 aromatic carbocycles. The molecule has 0 amide bonds. The maximum Gasteiger partial charge on any atom is 0.193 e. The number of benzene rings is 2. The largest absolute Gasteiger partial charge is 0.344 e. The number of carbonyl (C=O) groups is 1. The van der Waals surface area contributed by atoms with E-state index < -0.39 is 0 Å². The second kappa shape index (κ2) is 10.1. The Hall–Kier alpha value is -2.05. The molecule has 0 saturated carbocycles. The number of carbonyl (C=O) groups excluding carboxylic acids is 1. The van der Waals surface area contributed by atoms with E-state index in [9.17, 15) is 4.79 Å². The Labute approximate surface area is 108 Å². The molecule has 0 heterocycles. The first-order valence-electron chi connectivity index (χ1n) is 4.53. The van der Waals surface area contributed by atoms with Crippen molar-refractivity contribution in [2.45, 2.75) is 0 Å². The summed E-state index contributed by atoms with van der Waals surface area (Å²) in [4.78, 5) is 11.8. The summed E-state index contributed by atoms with van der Waals surface area (Å²) in [6, 6.07) is 18.6. The van der Waals surface area contributed by atoms with Gasteiger partial charge in [-0.3, -0.25) is 4.79 Å². The first-order valence-corrected chi connectivity index (χ1v) is 4.53. The van der Waals surface area contributed by atoms with Gasteiger partial charge >= 0.3 is 0 Å². The fraction of sp³-hybridized carbons (Fsp3) is 0. The van der Waals surface area contributed by atoms with Crippen LogP contribution in [0.4, 0.5) is 0 Å². The molecule has 2 aromatic rings. The summed E-state index contributed by atoms with van der Waals surface area (Å²) in [6.45, 7) is 0. The Kier molecular flexibility index (Phi) is 12.0. The summed E-state index contributed by atoms with van der Waals surface area (Å²) in [7, 11) is 0. The Balaban J connectivity index is -0.000000562. The zero-order chi connectivity index (χ0) is 9.80. The predicted octanol–water partition coefficient (Wildman–Crippen LogP) is 3.57. The van der Waals surface area contributed by atoms with Gasteiger partial charge in [-0.1, -0.05) is 60.7 Å². The van der Waals surface area contributed by atoms with Gasteiger partial charge in [0.05, 0.1) is 0 Å². The van der Waals surface area contributed by atoms with Crippen molar-refractivity contribution in [3.8, 4) is 0 Å². The molecule has 0 unspecified atom stereocenters. The topological polar surface area (TPSA) is 157 Å². The smallest absolute Gasteiger partial charge is 0.193 e. The van der Waals surface area contributed by atoms with Crippen LogP contribution in [0, 0.1) is 0 Å². The van der Waals surface area contributed by atoms with E-state index in [1.807, 2.05) is 60.7 Å². The van der Waals surface area contributed by atoms with Crippen molar-refractivity contribution in [2.75, 3.05) is 0 Å². The number of ketones is 1. The van der Waals surface area contributed by atoms with Crippen LogP contribution in [-0.4, -0.2) is 5.78 Å². The van der Waals surface area contributed by atoms with Gasteiger partial charge in [0.2, 0.25) is 0 Å². The summed E-state index contributed by atoms with van der Waals surface area (Å²) < 4.78 is 0. The second-order valence-corrected chi connectivity index (χ2v) is 3.06. The minimum absolute atomic E-state index is 0. The van der Waals surface area contributed by atoms with Crippen molar-refractivity contribution >= 4 is 5.78 Å². The summed E-state index contributed by atoms with van der Waals surface area (Å²) in [5.41, 5.74) is 1.47. The van der Waals surface area contributed by atoms with Gasteiger partial charge in [0.25, 0.3) is 0 Å². The molecule has 18 heavy (non-hydrogen) atoms. The van der Waals surface area contributed by atoms with Crippen molar-refractivity contribution in [2.24, 2.45) is 0 Å². The standard InChI is InChI=1S/C13H10O.4H3N/c14-13(11-7-3-1-4-8-11)12-9-5-2-6-10-12;;;;/h1-10H;4*1H3. The van der Waals surface area contributed by atoms with Gasteiger partial charge in [-0.05, 0) is 0 Å². The predicted molar refractivity (Wildman–Crippen MR) is 76.4 cm³/mol. The van der Waals surface area contributed by atoms with Crippen molar-refractivity contribution in [1.29, 1.82) is 0 Å². The maximum atomic E-state index is 11.8. The lowest BCUT2D eigenvalue weighted by Crippen LogP contribution is -1.99. The van der Waals surface area contributed by atoms with Crippen LogP contribution < -0.4 is 24.6 Å². The highest BCUT2D eigenvalue weighted by Crippen LogP contribution is 2.08. The first-order chi connectivity index (χ1) is 6.88. The molecule has 0 saturated heterocycles. The minimum Gasteiger partial charge on any atom is -0.344 e. The molecule has 5 heteroatoms. The van der Waals surface area contributed by atoms with E-state index in [2.05, 4.69) is 0 Å². The van der Waals surface area contributed by atoms with Gasteiger partial charge < -0.3 is 24.6 Å². The van der Waals surface area contributed by atoms with E-state index in [-0.39, 0.29) is 30.4 Å². The van der Waals surface area contributed by atoms with E-state index in [0.29, 0.717) is 0 Å². The van der Waals surface area contributed by atoms with Crippen LogP contribution in [0.3, 0.4) is 0 Å². The third-order valence-corrected chi connectivity index (χ3v) is 2.07. The molecular weight excluding hydrogens is 228 g/mol. The van der Waals surface area contributed by atoms with Crippen molar-refractivity contribution < 1.29 is 4.79 Å². The van der Waals surface area contributed by atoms with E-state index in [1.54, 1.807) is 0 Å². The summed E-state index contributed by atoms with van der Waals surface area (Å²) in [5.74, 6) is 0.0752. The van der Waals surface area contributed by atoms with Crippen LogP contribution in [0.5, 0.6) is 0 Å². The van der Waals surface area contributed by atoms with Gasteiger partial charge in [0.1, 0.15) is 0 Å². The Morgan fingerprint density at radius 2 is 0.833 bits per heavy atom. The van der Waals surface area contributed by atoms with Crippen LogP contribution in [-0.2, 0) is 0 Å². The highest BCUT2D eigenvalue weighted by molar-refractivity contribution is 6.08. The van der Waals surface area contributed by atoms with Crippen LogP contribution in [0.25, 0.3) is 0 Å². The first kappa shape index (κ1) is 21.3. The second-order valence-electron chi connectivity index (χ2n) is 3.06. The molecule has 100 valence electrons.